The maximum atomic E-state index is 12.2. The third-order valence-corrected chi connectivity index (χ3v) is 4.22. The Morgan fingerprint density at radius 3 is 2.36 bits per heavy atom. The number of carbonyl (C=O) groups excluding carboxylic acids is 3. The van der Waals surface area contributed by atoms with Gasteiger partial charge in [0, 0.05) is 29.2 Å². The van der Waals surface area contributed by atoms with Crippen LogP contribution in [0.3, 0.4) is 0 Å². The third-order valence-electron chi connectivity index (χ3n) is 3.97. The van der Waals surface area contributed by atoms with Crippen LogP contribution in [0.1, 0.15) is 16.8 Å². The Hall–Kier alpha value is -2.86. The molecule has 2 aromatic rings. The number of anilines is 1. The van der Waals surface area contributed by atoms with Crippen molar-refractivity contribution in [2.75, 3.05) is 11.4 Å². The number of carbonyl (C=O) groups is 3. The number of amides is 3. The highest BCUT2D eigenvalue weighted by molar-refractivity contribution is 6.30. The first kappa shape index (κ1) is 17.0. The van der Waals surface area contributed by atoms with Crippen LogP contribution in [0.2, 0.25) is 5.02 Å². The summed E-state index contributed by atoms with van der Waals surface area (Å²) in [6.45, 7) is 0.257. The zero-order chi connectivity index (χ0) is 17.8. The maximum Gasteiger partial charge on any atom is 0.269 e. The molecule has 128 valence electrons. The molecule has 1 atom stereocenters. The fourth-order valence-corrected chi connectivity index (χ4v) is 2.76. The van der Waals surface area contributed by atoms with E-state index in [1.807, 2.05) is 0 Å². The smallest absolute Gasteiger partial charge is 0.269 e. The van der Waals surface area contributed by atoms with E-state index in [4.69, 9.17) is 11.6 Å². The Balaban J connectivity index is 1.57. The van der Waals surface area contributed by atoms with E-state index in [-0.39, 0.29) is 18.9 Å². The largest absolute Gasteiger partial charge is 0.312 e. The number of benzene rings is 2. The number of nitrogens with one attached hydrogen (secondary N) is 2. The average Bonchev–Trinajstić information content (AvgIpc) is 3.02. The van der Waals surface area contributed by atoms with Crippen LogP contribution >= 0.6 is 11.6 Å². The molecule has 25 heavy (non-hydrogen) atoms. The summed E-state index contributed by atoms with van der Waals surface area (Å²) < 4.78 is 0. The van der Waals surface area contributed by atoms with Crippen molar-refractivity contribution in [1.82, 2.24) is 10.9 Å². The molecule has 7 heteroatoms. The van der Waals surface area contributed by atoms with Crippen LogP contribution < -0.4 is 15.8 Å². The second kappa shape index (κ2) is 7.36. The molecule has 3 amide bonds. The van der Waals surface area contributed by atoms with Crippen molar-refractivity contribution < 1.29 is 14.4 Å². The highest BCUT2D eigenvalue weighted by atomic mass is 35.5. The molecule has 0 spiro atoms. The van der Waals surface area contributed by atoms with Gasteiger partial charge in [0.05, 0.1) is 5.92 Å². The summed E-state index contributed by atoms with van der Waals surface area (Å²) in [5, 5.41) is 0.577. The SMILES string of the molecule is O=C(NNC(=O)[C@@H]1CC(=O)N(c2ccc(Cl)cc2)C1)c1ccccc1. The Morgan fingerprint density at radius 2 is 1.68 bits per heavy atom. The highest BCUT2D eigenvalue weighted by Crippen LogP contribution is 2.26. The second-order valence-electron chi connectivity index (χ2n) is 5.69. The monoisotopic (exact) mass is 357 g/mol. The van der Waals surface area contributed by atoms with Crippen molar-refractivity contribution in [2.24, 2.45) is 5.92 Å². The molecular weight excluding hydrogens is 342 g/mol. The Bertz CT molecular complexity index is 793. The lowest BCUT2D eigenvalue weighted by molar-refractivity contribution is -0.126. The molecule has 2 N–H and O–H groups in total. The minimum Gasteiger partial charge on any atom is -0.312 e. The van der Waals surface area contributed by atoms with Crippen LogP contribution in [0.5, 0.6) is 0 Å². The summed E-state index contributed by atoms with van der Waals surface area (Å²) in [5.41, 5.74) is 5.88. The van der Waals surface area contributed by atoms with Gasteiger partial charge in [-0.2, -0.15) is 0 Å². The van der Waals surface area contributed by atoms with Crippen LogP contribution in [0.4, 0.5) is 5.69 Å². The molecule has 3 rings (SSSR count). The van der Waals surface area contributed by atoms with E-state index in [1.54, 1.807) is 59.5 Å². The van der Waals surface area contributed by atoms with Gasteiger partial charge in [-0.1, -0.05) is 29.8 Å². The van der Waals surface area contributed by atoms with Gasteiger partial charge in [0.25, 0.3) is 5.91 Å². The molecule has 0 saturated carbocycles. The first-order valence-electron chi connectivity index (χ1n) is 7.76. The van der Waals surface area contributed by atoms with Crippen LogP contribution in [0, 0.1) is 5.92 Å². The number of rotatable bonds is 3. The van der Waals surface area contributed by atoms with Gasteiger partial charge in [-0.3, -0.25) is 25.2 Å². The number of hydrazine groups is 1. The molecule has 1 heterocycles. The quantitative estimate of drug-likeness (QED) is 0.826. The summed E-state index contributed by atoms with van der Waals surface area (Å²) >= 11 is 5.85. The van der Waals surface area contributed by atoms with Gasteiger partial charge in [-0.15, -0.1) is 0 Å². The third kappa shape index (κ3) is 3.97. The first-order valence-corrected chi connectivity index (χ1v) is 8.13. The maximum absolute atomic E-state index is 12.2. The van der Waals surface area contributed by atoms with Crippen molar-refractivity contribution >= 4 is 35.0 Å². The van der Waals surface area contributed by atoms with E-state index in [0.717, 1.165) is 0 Å². The molecule has 0 aromatic heterocycles. The normalized spacial score (nSPS) is 16.6. The Labute approximate surface area is 149 Å². The van der Waals surface area contributed by atoms with E-state index in [9.17, 15) is 14.4 Å². The van der Waals surface area contributed by atoms with Crippen molar-refractivity contribution in [3.05, 3.63) is 65.2 Å². The van der Waals surface area contributed by atoms with E-state index >= 15 is 0 Å². The van der Waals surface area contributed by atoms with Crippen molar-refractivity contribution in [3.63, 3.8) is 0 Å². The molecule has 1 fully saturated rings. The van der Waals surface area contributed by atoms with E-state index in [2.05, 4.69) is 10.9 Å². The topological polar surface area (TPSA) is 78.5 Å². The van der Waals surface area contributed by atoms with Gasteiger partial charge in [-0.25, -0.2) is 0 Å². The fourth-order valence-electron chi connectivity index (χ4n) is 2.64. The summed E-state index contributed by atoms with van der Waals surface area (Å²) in [6, 6.07) is 15.4. The molecule has 1 aliphatic heterocycles. The predicted octanol–water partition coefficient (Wildman–Crippen LogP) is 2.15. The number of nitrogens with zero attached hydrogens (tertiary/aromatic N) is 1. The standard InChI is InChI=1S/C18H16ClN3O3/c19-14-6-8-15(9-7-14)22-11-13(10-16(22)23)18(25)21-20-17(24)12-4-2-1-3-5-12/h1-9,13H,10-11H2,(H,20,24)(H,21,25)/t13-/m1/s1. The van der Waals surface area contributed by atoms with Gasteiger partial charge < -0.3 is 4.90 Å². The van der Waals surface area contributed by atoms with E-state index in [0.29, 0.717) is 16.3 Å². The van der Waals surface area contributed by atoms with Crippen LogP contribution in [0.15, 0.2) is 54.6 Å². The summed E-state index contributed by atoms with van der Waals surface area (Å²) in [5.74, 6) is -1.47. The summed E-state index contributed by atoms with van der Waals surface area (Å²) in [6.07, 6.45) is 0.0929. The molecule has 6 nitrogen and oxygen atoms in total. The van der Waals surface area contributed by atoms with Gasteiger partial charge in [0.1, 0.15) is 0 Å². The molecule has 1 aliphatic rings. The molecule has 0 bridgehead atoms. The first-order chi connectivity index (χ1) is 12.0. The minimum absolute atomic E-state index is 0.0929. The molecule has 0 aliphatic carbocycles. The van der Waals surface area contributed by atoms with Crippen LogP contribution in [-0.2, 0) is 9.59 Å². The van der Waals surface area contributed by atoms with Crippen molar-refractivity contribution in [1.29, 1.82) is 0 Å². The Kier molecular flexibility index (Phi) is 5.00. The van der Waals surface area contributed by atoms with Gasteiger partial charge >= 0.3 is 0 Å². The van der Waals surface area contributed by atoms with Crippen molar-refractivity contribution in [2.45, 2.75) is 6.42 Å². The average molecular weight is 358 g/mol. The van der Waals surface area contributed by atoms with Crippen LogP contribution in [0.25, 0.3) is 0 Å². The fraction of sp³-hybridized carbons (Fsp3) is 0.167. The molecular formula is C18H16ClN3O3. The van der Waals surface area contributed by atoms with Gasteiger partial charge in [0.2, 0.25) is 11.8 Å². The minimum atomic E-state index is -0.528. The predicted molar refractivity (Wildman–Crippen MR) is 94.0 cm³/mol. The lowest BCUT2D eigenvalue weighted by atomic mass is 10.1. The second-order valence-corrected chi connectivity index (χ2v) is 6.13. The van der Waals surface area contributed by atoms with E-state index < -0.39 is 17.7 Å². The van der Waals surface area contributed by atoms with E-state index in [1.165, 1.54) is 0 Å². The van der Waals surface area contributed by atoms with Gasteiger partial charge in [0.15, 0.2) is 0 Å². The zero-order valence-corrected chi connectivity index (χ0v) is 14.0. The zero-order valence-electron chi connectivity index (χ0n) is 13.2. The summed E-state index contributed by atoms with van der Waals surface area (Å²) in [7, 11) is 0. The molecule has 1 saturated heterocycles. The lowest BCUT2D eigenvalue weighted by Gasteiger charge is -2.17. The number of halogens is 1. The lowest BCUT2D eigenvalue weighted by Crippen LogP contribution is -2.45. The molecule has 0 radical (unpaired) electrons. The molecule has 2 aromatic carbocycles. The number of hydrogen-bond donors (Lipinski definition) is 2. The Morgan fingerprint density at radius 1 is 1.00 bits per heavy atom. The van der Waals surface area contributed by atoms with Crippen LogP contribution in [-0.4, -0.2) is 24.3 Å². The number of hydrogen-bond acceptors (Lipinski definition) is 3. The highest BCUT2D eigenvalue weighted by Gasteiger charge is 2.35. The summed E-state index contributed by atoms with van der Waals surface area (Å²) in [4.78, 5) is 37.9. The van der Waals surface area contributed by atoms with Gasteiger partial charge in [-0.05, 0) is 36.4 Å². The van der Waals surface area contributed by atoms with Crippen molar-refractivity contribution in [3.8, 4) is 0 Å². The molecule has 0 unspecified atom stereocenters.